The lowest BCUT2D eigenvalue weighted by Gasteiger charge is -2.21. The molecule has 0 aromatic heterocycles. The normalized spacial score (nSPS) is 23.2. The molecule has 19 heavy (non-hydrogen) atoms. The zero-order valence-corrected chi connectivity index (χ0v) is 11.4. The summed E-state index contributed by atoms with van der Waals surface area (Å²) in [4.78, 5) is 0. The number of sulfone groups is 1. The Morgan fingerprint density at radius 3 is 2.58 bits per heavy atom. The summed E-state index contributed by atoms with van der Waals surface area (Å²) >= 11 is 0. The van der Waals surface area contributed by atoms with Crippen LogP contribution in [0.2, 0.25) is 0 Å². The highest BCUT2D eigenvalue weighted by Crippen LogP contribution is 2.26. The highest BCUT2D eigenvalue weighted by Gasteiger charge is 2.33. The quantitative estimate of drug-likeness (QED) is 0.884. The lowest BCUT2D eigenvalue weighted by atomic mass is 9.93. The molecule has 1 aliphatic rings. The molecular weight excluding hydrogens is 269 g/mol. The largest absolute Gasteiger partial charge is 0.493 e. The molecule has 1 aromatic rings. The first-order valence-corrected chi connectivity index (χ1v) is 8.11. The van der Waals surface area contributed by atoms with Crippen molar-refractivity contribution >= 4 is 9.84 Å². The number of nitrogens with two attached hydrogens (primary N) is 1. The number of benzene rings is 1. The van der Waals surface area contributed by atoms with E-state index in [9.17, 15) is 12.8 Å². The van der Waals surface area contributed by atoms with Crippen LogP contribution in [0.3, 0.4) is 0 Å². The van der Waals surface area contributed by atoms with Gasteiger partial charge >= 0.3 is 0 Å². The van der Waals surface area contributed by atoms with Crippen molar-refractivity contribution in [2.45, 2.75) is 6.42 Å². The zero-order chi connectivity index (χ0) is 13.9. The molecule has 6 heteroatoms. The average Bonchev–Trinajstić information content (AvgIpc) is 2.73. The van der Waals surface area contributed by atoms with Crippen molar-refractivity contribution < 1.29 is 17.5 Å². The first kappa shape index (κ1) is 14.3. The van der Waals surface area contributed by atoms with Crippen molar-refractivity contribution in [3.05, 3.63) is 30.1 Å². The van der Waals surface area contributed by atoms with E-state index in [0.717, 1.165) is 0 Å². The Morgan fingerprint density at radius 2 is 2.05 bits per heavy atom. The van der Waals surface area contributed by atoms with E-state index in [1.165, 1.54) is 12.1 Å². The van der Waals surface area contributed by atoms with Crippen LogP contribution in [0, 0.1) is 17.7 Å². The Kier molecular flexibility index (Phi) is 4.42. The second-order valence-electron chi connectivity index (χ2n) is 4.92. The molecule has 0 spiro atoms. The molecule has 0 aliphatic carbocycles. The molecule has 1 aromatic carbocycles. The zero-order valence-electron chi connectivity index (χ0n) is 10.6. The highest BCUT2D eigenvalue weighted by molar-refractivity contribution is 7.91. The average molecular weight is 287 g/mol. The predicted octanol–water partition coefficient (Wildman–Crippen LogP) is 1.21. The van der Waals surface area contributed by atoms with Crippen LogP contribution in [0.1, 0.15) is 6.42 Å². The molecule has 0 radical (unpaired) electrons. The van der Waals surface area contributed by atoms with Gasteiger partial charge < -0.3 is 10.5 Å². The van der Waals surface area contributed by atoms with Crippen LogP contribution in [0.25, 0.3) is 0 Å². The van der Waals surface area contributed by atoms with Crippen LogP contribution >= 0.6 is 0 Å². The van der Waals surface area contributed by atoms with E-state index in [1.54, 1.807) is 12.1 Å². The molecule has 2 rings (SSSR count). The molecule has 0 saturated carbocycles. The van der Waals surface area contributed by atoms with Gasteiger partial charge in [0.25, 0.3) is 0 Å². The Bertz CT molecular complexity index is 515. The van der Waals surface area contributed by atoms with Crippen LogP contribution in [0.5, 0.6) is 5.75 Å². The fourth-order valence-electron chi connectivity index (χ4n) is 2.33. The van der Waals surface area contributed by atoms with E-state index in [1.807, 2.05) is 0 Å². The first-order chi connectivity index (χ1) is 9.00. The second-order valence-corrected chi connectivity index (χ2v) is 7.15. The summed E-state index contributed by atoms with van der Waals surface area (Å²) in [6, 6.07) is 5.75. The molecule has 1 heterocycles. The maximum atomic E-state index is 12.7. The molecule has 1 saturated heterocycles. The van der Waals surface area contributed by atoms with Gasteiger partial charge in [0.1, 0.15) is 11.6 Å². The van der Waals surface area contributed by atoms with Gasteiger partial charge in [-0.05, 0) is 43.1 Å². The van der Waals surface area contributed by atoms with E-state index in [0.29, 0.717) is 25.3 Å². The first-order valence-electron chi connectivity index (χ1n) is 6.29. The Hall–Kier alpha value is -1.14. The minimum atomic E-state index is -2.90. The van der Waals surface area contributed by atoms with Gasteiger partial charge in [0, 0.05) is 5.92 Å². The summed E-state index contributed by atoms with van der Waals surface area (Å²) in [5.74, 6) is 0.773. The summed E-state index contributed by atoms with van der Waals surface area (Å²) in [6.45, 7) is 0.754. The Morgan fingerprint density at radius 1 is 1.37 bits per heavy atom. The van der Waals surface area contributed by atoms with Gasteiger partial charge in [0.2, 0.25) is 0 Å². The van der Waals surface area contributed by atoms with Crippen molar-refractivity contribution in [1.82, 2.24) is 0 Å². The lowest BCUT2D eigenvalue weighted by Crippen LogP contribution is -2.29. The van der Waals surface area contributed by atoms with E-state index < -0.39 is 9.84 Å². The number of halogens is 1. The third-order valence-electron chi connectivity index (χ3n) is 3.51. The summed E-state index contributed by atoms with van der Waals surface area (Å²) in [5.41, 5.74) is 5.69. The molecule has 106 valence electrons. The number of rotatable bonds is 5. The van der Waals surface area contributed by atoms with Crippen LogP contribution in [-0.2, 0) is 9.84 Å². The number of hydrogen-bond acceptors (Lipinski definition) is 4. The lowest BCUT2D eigenvalue weighted by molar-refractivity contribution is 0.208. The van der Waals surface area contributed by atoms with Crippen LogP contribution in [0.15, 0.2) is 24.3 Å². The van der Waals surface area contributed by atoms with Gasteiger partial charge in [-0.1, -0.05) is 0 Å². The summed E-state index contributed by atoms with van der Waals surface area (Å²) in [7, 11) is -2.90. The van der Waals surface area contributed by atoms with Crippen molar-refractivity contribution in [1.29, 1.82) is 0 Å². The van der Waals surface area contributed by atoms with Crippen molar-refractivity contribution in [2.75, 3.05) is 24.7 Å². The van der Waals surface area contributed by atoms with Gasteiger partial charge in [-0.3, -0.25) is 0 Å². The highest BCUT2D eigenvalue weighted by atomic mass is 32.2. The molecule has 4 nitrogen and oxygen atoms in total. The van der Waals surface area contributed by atoms with Gasteiger partial charge in [0.05, 0.1) is 18.1 Å². The van der Waals surface area contributed by atoms with Crippen molar-refractivity contribution in [3.8, 4) is 5.75 Å². The molecular formula is C13H18FNO3S. The molecule has 0 amide bonds. The maximum Gasteiger partial charge on any atom is 0.150 e. The fraction of sp³-hybridized carbons (Fsp3) is 0.538. The minimum absolute atomic E-state index is 0.0160. The third-order valence-corrected chi connectivity index (χ3v) is 5.31. The number of ether oxygens (including phenoxy) is 1. The van der Waals surface area contributed by atoms with Crippen LogP contribution < -0.4 is 10.5 Å². The van der Waals surface area contributed by atoms with E-state index in [2.05, 4.69) is 0 Å². The Labute approximate surface area is 112 Å². The van der Waals surface area contributed by atoms with E-state index >= 15 is 0 Å². The minimum Gasteiger partial charge on any atom is -0.493 e. The van der Waals surface area contributed by atoms with Gasteiger partial charge in [-0.25, -0.2) is 12.8 Å². The van der Waals surface area contributed by atoms with E-state index in [-0.39, 0.29) is 29.2 Å². The maximum absolute atomic E-state index is 12.7. The molecule has 2 N–H and O–H groups in total. The predicted molar refractivity (Wildman–Crippen MR) is 71.2 cm³/mol. The molecule has 2 unspecified atom stereocenters. The third kappa shape index (κ3) is 3.91. The summed E-state index contributed by atoms with van der Waals surface area (Å²) in [6.07, 6.45) is 0.650. The van der Waals surface area contributed by atoms with Gasteiger partial charge in [0.15, 0.2) is 9.84 Å². The summed E-state index contributed by atoms with van der Waals surface area (Å²) < 4.78 is 41.2. The second kappa shape index (κ2) is 5.88. The fourth-order valence-corrected chi connectivity index (χ4v) is 4.25. The SMILES string of the molecule is NCC(COc1ccc(F)cc1)C1CCS(=O)(=O)C1. The van der Waals surface area contributed by atoms with Crippen LogP contribution in [-0.4, -0.2) is 33.1 Å². The molecule has 1 fully saturated rings. The molecule has 2 atom stereocenters. The topological polar surface area (TPSA) is 69.4 Å². The number of hydrogen-bond donors (Lipinski definition) is 1. The molecule has 1 aliphatic heterocycles. The van der Waals surface area contributed by atoms with E-state index in [4.69, 9.17) is 10.5 Å². The molecule has 0 bridgehead atoms. The standard InChI is InChI=1S/C13H18FNO3S/c14-12-1-3-13(4-2-12)18-8-11(7-15)10-5-6-19(16,17)9-10/h1-4,10-11H,5-9,15H2. The van der Waals surface area contributed by atoms with Crippen molar-refractivity contribution in [3.63, 3.8) is 0 Å². The Balaban J connectivity index is 1.91. The van der Waals surface area contributed by atoms with Gasteiger partial charge in [-0.15, -0.1) is 0 Å². The van der Waals surface area contributed by atoms with Gasteiger partial charge in [-0.2, -0.15) is 0 Å². The van der Waals surface area contributed by atoms with Crippen molar-refractivity contribution in [2.24, 2.45) is 17.6 Å². The monoisotopic (exact) mass is 287 g/mol. The summed E-state index contributed by atoms with van der Waals surface area (Å²) in [5, 5.41) is 0. The van der Waals surface area contributed by atoms with Crippen LogP contribution in [0.4, 0.5) is 4.39 Å². The smallest absolute Gasteiger partial charge is 0.150 e.